The molecule has 18 heavy (non-hydrogen) atoms. The summed E-state index contributed by atoms with van der Waals surface area (Å²) < 4.78 is 0. The van der Waals surface area contributed by atoms with Crippen molar-refractivity contribution in [3.05, 3.63) is 29.8 Å². The lowest BCUT2D eigenvalue weighted by molar-refractivity contribution is 0.337. The lowest BCUT2D eigenvalue weighted by atomic mass is 9.88. The first kappa shape index (κ1) is 13.4. The van der Waals surface area contributed by atoms with Crippen LogP contribution in [-0.2, 0) is 6.42 Å². The molecule has 0 aromatic heterocycles. The molecule has 2 heteroatoms. The van der Waals surface area contributed by atoms with Crippen LogP contribution in [0.25, 0.3) is 0 Å². The van der Waals surface area contributed by atoms with Gasteiger partial charge in [0.15, 0.2) is 0 Å². The lowest BCUT2D eigenvalue weighted by Gasteiger charge is -2.28. The minimum absolute atomic E-state index is 0.280. The van der Waals surface area contributed by atoms with Gasteiger partial charge in [-0.05, 0) is 49.8 Å². The van der Waals surface area contributed by atoms with Gasteiger partial charge in [0.1, 0.15) is 0 Å². The summed E-state index contributed by atoms with van der Waals surface area (Å²) in [6, 6.07) is 9.45. The monoisotopic (exact) mass is 246 g/mol. The summed E-state index contributed by atoms with van der Waals surface area (Å²) in [6.45, 7) is 8.78. The maximum Gasteiger partial charge on any atom is 0.0402 e. The van der Waals surface area contributed by atoms with E-state index in [1.807, 2.05) is 0 Å². The molecule has 1 unspecified atom stereocenters. The van der Waals surface area contributed by atoms with Crippen molar-refractivity contribution >= 4 is 5.69 Å². The number of anilines is 1. The molecule has 1 aromatic carbocycles. The van der Waals surface area contributed by atoms with Gasteiger partial charge in [0.25, 0.3) is 0 Å². The highest BCUT2D eigenvalue weighted by atomic mass is 15.2. The van der Waals surface area contributed by atoms with E-state index in [9.17, 15) is 0 Å². The average molecular weight is 246 g/mol. The van der Waals surface area contributed by atoms with Crippen LogP contribution in [0.4, 0.5) is 5.69 Å². The summed E-state index contributed by atoms with van der Waals surface area (Å²) in [6.07, 6.45) is 3.62. The Labute approximate surface area is 111 Å². The van der Waals surface area contributed by atoms with Gasteiger partial charge in [-0.25, -0.2) is 0 Å². The molecule has 2 nitrogen and oxygen atoms in total. The minimum Gasteiger partial charge on any atom is -0.368 e. The zero-order valence-electron chi connectivity index (χ0n) is 11.9. The first-order chi connectivity index (χ1) is 8.53. The molecular formula is C16H26N2. The quantitative estimate of drug-likeness (QED) is 0.864. The molecule has 2 rings (SSSR count). The summed E-state index contributed by atoms with van der Waals surface area (Å²) >= 11 is 0. The van der Waals surface area contributed by atoms with Crippen molar-refractivity contribution in [3.8, 4) is 0 Å². The van der Waals surface area contributed by atoms with Crippen molar-refractivity contribution in [3.63, 3.8) is 0 Å². The fourth-order valence-electron chi connectivity index (χ4n) is 2.80. The SMILES string of the molecule is CC1Cc2ccccc2N1CCCC(C)(C)CN. The molecule has 1 aliphatic heterocycles. The zero-order chi connectivity index (χ0) is 13.2. The fraction of sp³-hybridized carbons (Fsp3) is 0.625. The van der Waals surface area contributed by atoms with E-state index in [1.165, 1.54) is 30.5 Å². The number of nitrogens with zero attached hydrogens (tertiary/aromatic N) is 1. The van der Waals surface area contributed by atoms with Gasteiger partial charge in [0, 0.05) is 18.3 Å². The van der Waals surface area contributed by atoms with E-state index < -0.39 is 0 Å². The molecule has 1 aromatic rings. The number of benzene rings is 1. The van der Waals surface area contributed by atoms with Crippen LogP contribution in [0.15, 0.2) is 24.3 Å². The van der Waals surface area contributed by atoms with Crippen molar-refractivity contribution in [2.45, 2.75) is 46.1 Å². The number of nitrogens with two attached hydrogens (primary N) is 1. The molecule has 0 fully saturated rings. The topological polar surface area (TPSA) is 29.3 Å². The number of hydrogen-bond acceptors (Lipinski definition) is 2. The molecule has 100 valence electrons. The third-order valence-electron chi connectivity index (χ3n) is 4.15. The Balaban J connectivity index is 1.94. The Bertz CT molecular complexity index is 398. The third-order valence-corrected chi connectivity index (χ3v) is 4.15. The molecule has 1 aliphatic rings. The molecule has 1 heterocycles. The number of para-hydroxylation sites is 1. The highest BCUT2D eigenvalue weighted by Gasteiger charge is 2.25. The van der Waals surface area contributed by atoms with Gasteiger partial charge >= 0.3 is 0 Å². The minimum atomic E-state index is 0.280. The Hall–Kier alpha value is -1.02. The summed E-state index contributed by atoms with van der Waals surface area (Å²) in [7, 11) is 0. The Morgan fingerprint density at radius 1 is 1.33 bits per heavy atom. The number of fused-ring (bicyclic) bond motifs is 1. The Morgan fingerprint density at radius 3 is 2.78 bits per heavy atom. The predicted octanol–water partition coefficient (Wildman–Crippen LogP) is 3.20. The van der Waals surface area contributed by atoms with Crippen LogP contribution in [-0.4, -0.2) is 19.1 Å². The fourth-order valence-corrected chi connectivity index (χ4v) is 2.80. The van der Waals surface area contributed by atoms with E-state index >= 15 is 0 Å². The molecule has 0 aliphatic carbocycles. The Kier molecular flexibility index (Phi) is 3.96. The molecule has 0 bridgehead atoms. The molecule has 1 atom stereocenters. The standard InChI is InChI=1S/C16H26N2/c1-13-11-14-7-4-5-8-15(14)18(13)10-6-9-16(2,3)12-17/h4-5,7-8,13H,6,9-12,17H2,1-3H3. The van der Waals surface area contributed by atoms with Crippen molar-refractivity contribution in [2.75, 3.05) is 18.0 Å². The summed E-state index contributed by atoms with van der Waals surface area (Å²) in [5, 5.41) is 0. The first-order valence-corrected chi connectivity index (χ1v) is 7.08. The van der Waals surface area contributed by atoms with Crippen LogP contribution >= 0.6 is 0 Å². The normalized spacial score (nSPS) is 19.1. The van der Waals surface area contributed by atoms with E-state index in [-0.39, 0.29) is 5.41 Å². The smallest absolute Gasteiger partial charge is 0.0402 e. The Morgan fingerprint density at radius 2 is 2.06 bits per heavy atom. The highest BCUT2D eigenvalue weighted by molar-refractivity contribution is 5.59. The van der Waals surface area contributed by atoms with Gasteiger partial charge in [-0.3, -0.25) is 0 Å². The second-order valence-corrected chi connectivity index (χ2v) is 6.35. The van der Waals surface area contributed by atoms with Gasteiger partial charge in [-0.2, -0.15) is 0 Å². The molecule has 0 amide bonds. The molecule has 0 saturated carbocycles. The van der Waals surface area contributed by atoms with Crippen LogP contribution in [0, 0.1) is 5.41 Å². The van der Waals surface area contributed by atoms with Crippen molar-refractivity contribution in [1.29, 1.82) is 0 Å². The molecule has 0 radical (unpaired) electrons. The second kappa shape index (κ2) is 5.31. The maximum atomic E-state index is 5.79. The van der Waals surface area contributed by atoms with E-state index in [0.717, 1.165) is 13.1 Å². The zero-order valence-corrected chi connectivity index (χ0v) is 11.9. The van der Waals surface area contributed by atoms with Crippen LogP contribution in [0.5, 0.6) is 0 Å². The maximum absolute atomic E-state index is 5.79. The highest BCUT2D eigenvalue weighted by Crippen LogP contribution is 2.32. The van der Waals surface area contributed by atoms with E-state index in [4.69, 9.17) is 5.73 Å². The summed E-state index contributed by atoms with van der Waals surface area (Å²) in [4.78, 5) is 2.56. The first-order valence-electron chi connectivity index (χ1n) is 7.08. The van der Waals surface area contributed by atoms with Crippen LogP contribution in [0.1, 0.15) is 39.2 Å². The second-order valence-electron chi connectivity index (χ2n) is 6.35. The average Bonchev–Trinajstić information content (AvgIpc) is 2.66. The van der Waals surface area contributed by atoms with Gasteiger partial charge in [-0.15, -0.1) is 0 Å². The van der Waals surface area contributed by atoms with Crippen molar-refractivity contribution in [2.24, 2.45) is 11.1 Å². The van der Waals surface area contributed by atoms with E-state index in [2.05, 4.69) is 49.9 Å². The van der Waals surface area contributed by atoms with Crippen LogP contribution < -0.4 is 10.6 Å². The lowest BCUT2D eigenvalue weighted by Crippen LogP contribution is -2.32. The van der Waals surface area contributed by atoms with Crippen molar-refractivity contribution < 1.29 is 0 Å². The van der Waals surface area contributed by atoms with Gasteiger partial charge in [0.2, 0.25) is 0 Å². The van der Waals surface area contributed by atoms with Crippen LogP contribution in [0.2, 0.25) is 0 Å². The van der Waals surface area contributed by atoms with Crippen molar-refractivity contribution in [1.82, 2.24) is 0 Å². The molecule has 2 N–H and O–H groups in total. The van der Waals surface area contributed by atoms with Gasteiger partial charge in [0.05, 0.1) is 0 Å². The van der Waals surface area contributed by atoms with Crippen LogP contribution in [0.3, 0.4) is 0 Å². The third kappa shape index (κ3) is 2.86. The van der Waals surface area contributed by atoms with E-state index in [0.29, 0.717) is 6.04 Å². The molecule has 0 spiro atoms. The van der Waals surface area contributed by atoms with Gasteiger partial charge < -0.3 is 10.6 Å². The number of rotatable bonds is 5. The molecular weight excluding hydrogens is 220 g/mol. The largest absolute Gasteiger partial charge is 0.368 e. The summed E-state index contributed by atoms with van der Waals surface area (Å²) in [5.74, 6) is 0. The van der Waals surface area contributed by atoms with Gasteiger partial charge in [-0.1, -0.05) is 32.0 Å². The number of hydrogen-bond donors (Lipinski definition) is 1. The summed E-state index contributed by atoms with van der Waals surface area (Å²) in [5.41, 5.74) is 9.01. The van der Waals surface area contributed by atoms with E-state index in [1.54, 1.807) is 0 Å². The molecule has 0 saturated heterocycles. The predicted molar refractivity (Wildman–Crippen MR) is 79.0 cm³/mol.